The molecule has 4 aliphatic heterocycles. The van der Waals surface area contributed by atoms with Gasteiger partial charge in [0, 0.05) is 13.5 Å². The van der Waals surface area contributed by atoms with Gasteiger partial charge in [0.2, 0.25) is 5.91 Å². The van der Waals surface area contributed by atoms with Crippen LogP contribution < -0.4 is 5.32 Å². The summed E-state index contributed by atoms with van der Waals surface area (Å²) in [5, 5.41) is 108. The summed E-state index contributed by atoms with van der Waals surface area (Å²) in [7, 11) is 0. The van der Waals surface area contributed by atoms with Crippen LogP contribution in [0.15, 0.2) is 0 Å². The maximum absolute atomic E-state index is 12.1. The van der Waals surface area contributed by atoms with Gasteiger partial charge in [-0.05, 0) is 20.3 Å². The van der Waals surface area contributed by atoms with E-state index >= 15 is 0 Å². The van der Waals surface area contributed by atoms with Crippen molar-refractivity contribution < 1.29 is 93.8 Å². The van der Waals surface area contributed by atoms with Crippen LogP contribution in [0.1, 0.15) is 34.1 Å². The molecule has 8 unspecified atom stereocenters. The van der Waals surface area contributed by atoms with Crippen LogP contribution in [-0.4, -0.2) is 200 Å². The van der Waals surface area contributed by atoms with Crippen LogP contribution in [-0.2, 0) is 42.7 Å². The van der Waals surface area contributed by atoms with Crippen LogP contribution in [0.3, 0.4) is 0 Å². The third kappa shape index (κ3) is 8.87. The van der Waals surface area contributed by atoms with Gasteiger partial charge in [0.15, 0.2) is 25.2 Å². The largest absolute Gasteiger partial charge is 0.394 e. The second-order valence-corrected chi connectivity index (χ2v) is 12.7. The van der Waals surface area contributed by atoms with Crippen molar-refractivity contribution in [3.8, 4) is 0 Å². The molecule has 0 aromatic rings. The summed E-state index contributed by atoms with van der Waals surface area (Å²) in [5.74, 6) is -0.673. The van der Waals surface area contributed by atoms with Crippen LogP contribution in [0, 0.1) is 0 Å². The van der Waals surface area contributed by atoms with Crippen molar-refractivity contribution in [2.24, 2.45) is 0 Å². The van der Waals surface area contributed by atoms with Crippen LogP contribution >= 0.6 is 0 Å². The first-order valence-corrected chi connectivity index (χ1v) is 16.3. The Morgan fingerprint density at radius 2 is 1.12 bits per heavy atom. The Balaban J connectivity index is 1.73. The van der Waals surface area contributed by atoms with Gasteiger partial charge >= 0.3 is 0 Å². The van der Waals surface area contributed by atoms with Crippen LogP contribution in [0.4, 0.5) is 0 Å². The van der Waals surface area contributed by atoms with Crippen molar-refractivity contribution in [3.05, 3.63) is 0 Å². The Labute approximate surface area is 281 Å². The molecule has 0 aromatic carbocycles. The van der Waals surface area contributed by atoms with Gasteiger partial charge in [-0.25, -0.2) is 0 Å². The van der Waals surface area contributed by atoms with Gasteiger partial charge in [0.05, 0.1) is 25.4 Å². The van der Waals surface area contributed by atoms with Crippen molar-refractivity contribution in [1.29, 1.82) is 0 Å². The van der Waals surface area contributed by atoms with E-state index in [1.165, 1.54) is 13.8 Å². The van der Waals surface area contributed by atoms with Crippen molar-refractivity contribution >= 4 is 5.91 Å². The lowest BCUT2D eigenvalue weighted by molar-refractivity contribution is -0.401. The summed E-state index contributed by atoms with van der Waals surface area (Å²) in [6, 6.07) is -1.49. The first-order chi connectivity index (χ1) is 23.1. The summed E-state index contributed by atoms with van der Waals surface area (Å²) >= 11 is 0. The van der Waals surface area contributed by atoms with E-state index < -0.39 is 142 Å². The number of nitrogens with one attached hydrogen (secondary N) is 1. The standard InChI is InChI=1S/C29H51NO19/c1-5-6-42-28-24(21(40)15(34)9(2)43-28)48-29-25(49-26-14(30-11(4)33)19(38)17(36)12(7-31)45-26)23(16(35)10(3)44-29)47-27-22(41)20(39)18(37)13(8-32)46-27/h9-10,12-29,31-32,34-41H,5-8H2,1-4H3,(H,30,33)/t9?,10?,12?,13-,14-,15-,16-,17+,18+,19?,20?,21-,22?,23-,24?,25?,26-,27+,28+,29-/m0/s1. The fraction of sp³-hybridized carbons (Fsp3) is 0.966. The zero-order valence-corrected chi connectivity index (χ0v) is 27.5. The highest BCUT2D eigenvalue weighted by Gasteiger charge is 2.56. The summed E-state index contributed by atoms with van der Waals surface area (Å²) in [6.45, 7) is 4.45. The number of amides is 1. The molecule has 4 aliphatic rings. The molecule has 20 atom stereocenters. The van der Waals surface area contributed by atoms with Crippen LogP contribution in [0.5, 0.6) is 0 Å². The quantitative estimate of drug-likeness (QED) is 0.0895. The molecule has 11 N–H and O–H groups in total. The first-order valence-electron chi connectivity index (χ1n) is 16.3. The second-order valence-electron chi connectivity index (χ2n) is 12.7. The number of carbonyl (C=O) groups is 1. The number of rotatable bonds is 12. The third-order valence-corrected chi connectivity index (χ3v) is 9.00. The first kappa shape index (κ1) is 40.5. The van der Waals surface area contributed by atoms with E-state index in [0.717, 1.165) is 6.92 Å². The molecule has 0 bridgehead atoms. The fourth-order valence-electron chi connectivity index (χ4n) is 6.14. The number of carbonyl (C=O) groups excluding carboxylic acids is 1. The normalized spacial score (nSPS) is 49.4. The van der Waals surface area contributed by atoms with E-state index in [9.17, 15) is 55.9 Å². The Morgan fingerprint density at radius 3 is 1.71 bits per heavy atom. The summed E-state index contributed by atoms with van der Waals surface area (Å²) in [5.41, 5.74) is 0. The van der Waals surface area contributed by atoms with E-state index in [1.807, 2.05) is 6.92 Å². The molecule has 20 nitrogen and oxygen atoms in total. The lowest BCUT2D eigenvalue weighted by Crippen LogP contribution is -2.69. The van der Waals surface area contributed by atoms with Gasteiger partial charge in [-0.1, -0.05) is 6.92 Å². The minimum absolute atomic E-state index is 0.167. The number of ether oxygens (including phenoxy) is 8. The van der Waals surface area contributed by atoms with E-state index in [0.29, 0.717) is 6.42 Å². The highest BCUT2D eigenvalue weighted by Crippen LogP contribution is 2.36. The molecular weight excluding hydrogens is 666 g/mol. The van der Waals surface area contributed by atoms with Crippen LogP contribution in [0.25, 0.3) is 0 Å². The lowest BCUT2D eigenvalue weighted by Gasteiger charge is -2.50. The number of hydrogen-bond donors (Lipinski definition) is 11. The zero-order chi connectivity index (χ0) is 36.3. The lowest BCUT2D eigenvalue weighted by atomic mass is 9.95. The van der Waals surface area contributed by atoms with Gasteiger partial charge in [-0.3, -0.25) is 4.79 Å². The highest BCUT2D eigenvalue weighted by atomic mass is 16.8. The minimum atomic E-state index is -1.92. The molecule has 0 radical (unpaired) electrons. The molecule has 4 saturated heterocycles. The van der Waals surface area contributed by atoms with Gasteiger partial charge in [0.1, 0.15) is 85.4 Å². The molecule has 1 amide bonds. The van der Waals surface area contributed by atoms with Gasteiger partial charge in [-0.15, -0.1) is 0 Å². The predicted molar refractivity (Wildman–Crippen MR) is 157 cm³/mol. The Kier molecular flexibility index (Phi) is 14.5. The zero-order valence-electron chi connectivity index (χ0n) is 27.5. The minimum Gasteiger partial charge on any atom is -0.394 e. The number of hydrogen-bond acceptors (Lipinski definition) is 19. The van der Waals surface area contributed by atoms with Crippen molar-refractivity contribution in [2.45, 2.75) is 157 Å². The molecule has 286 valence electrons. The van der Waals surface area contributed by atoms with E-state index in [2.05, 4.69) is 5.32 Å². The smallest absolute Gasteiger partial charge is 0.217 e. The van der Waals surface area contributed by atoms with Crippen molar-refractivity contribution in [3.63, 3.8) is 0 Å². The molecule has 0 aromatic heterocycles. The molecule has 4 rings (SSSR count). The molecule has 0 aliphatic carbocycles. The Bertz CT molecular complexity index is 1040. The summed E-state index contributed by atoms with van der Waals surface area (Å²) in [6.07, 6.45) is -29.3. The molecule has 49 heavy (non-hydrogen) atoms. The molecule has 0 spiro atoms. The SMILES string of the molecule is CCCO[C@@H]1OC(C)[C@H](O)[C@H](O)C1O[C@@H]1OC(C)[C@H](O)[C@H](O[C@H]2O[C@@H](CO)[C@@H](O)C(O)C2O)C1O[C@@H]1OC(CO)[C@@H](O)C(O)[C@@H]1NC(C)=O. The van der Waals surface area contributed by atoms with Crippen molar-refractivity contribution in [1.82, 2.24) is 5.32 Å². The Morgan fingerprint density at radius 1 is 0.592 bits per heavy atom. The molecule has 20 heteroatoms. The summed E-state index contributed by atoms with van der Waals surface area (Å²) < 4.78 is 47.0. The highest BCUT2D eigenvalue weighted by molar-refractivity contribution is 5.73. The summed E-state index contributed by atoms with van der Waals surface area (Å²) in [4.78, 5) is 12.1. The maximum Gasteiger partial charge on any atom is 0.217 e. The van der Waals surface area contributed by atoms with Gasteiger partial charge in [0.25, 0.3) is 0 Å². The van der Waals surface area contributed by atoms with Gasteiger partial charge in [-0.2, -0.15) is 0 Å². The van der Waals surface area contributed by atoms with E-state index in [1.54, 1.807) is 0 Å². The number of aliphatic hydroxyl groups excluding tert-OH is 10. The molecular formula is C29H51NO19. The number of aliphatic hydroxyl groups is 10. The second kappa shape index (κ2) is 17.5. The van der Waals surface area contributed by atoms with Crippen LogP contribution in [0.2, 0.25) is 0 Å². The maximum atomic E-state index is 12.1. The monoisotopic (exact) mass is 717 g/mol. The molecule has 4 fully saturated rings. The van der Waals surface area contributed by atoms with E-state index in [-0.39, 0.29) is 6.61 Å². The fourth-order valence-corrected chi connectivity index (χ4v) is 6.14. The van der Waals surface area contributed by atoms with Crippen molar-refractivity contribution in [2.75, 3.05) is 19.8 Å². The average Bonchev–Trinajstić information content (AvgIpc) is 3.07. The topological polar surface area (TPSA) is 305 Å². The Hall–Kier alpha value is -1.25. The predicted octanol–water partition coefficient (Wildman–Crippen LogP) is -6.12. The molecule has 4 heterocycles. The third-order valence-electron chi connectivity index (χ3n) is 9.00. The van der Waals surface area contributed by atoms with Gasteiger partial charge < -0.3 is 94.3 Å². The van der Waals surface area contributed by atoms with E-state index in [4.69, 9.17) is 37.9 Å². The molecule has 0 saturated carbocycles. The average molecular weight is 718 g/mol.